The molecule has 0 radical (unpaired) electrons. The van der Waals surface area contributed by atoms with E-state index < -0.39 is 17.2 Å². The predicted octanol–water partition coefficient (Wildman–Crippen LogP) is 5.10. The smallest absolute Gasteiger partial charge is 0.329 e. The van der Waals surface area contributed by atoms with Gasteiger partial charge in [-0.25, -0.2) is 4.79 Å². The van der Waals surface area contributed by atoms with Gasteiger partial charge in [-0.1, -0.05) is 97.9 Å². The van der Waals surface area contributed by atoms with Crippen LogP contribution in [0.3, 0.4) is 0 Å². The molecule has 1 fully saturated rings. The van der Waals surface area contributed by atoms with Crippen molar-refractivity contribution in [3.8, 4) is 0 Å². The molecule has 0 amide bonds. The second kappa shape index (κ2) is 13.8. The van der Waals surface area contributed by atoms with E-state index in [2.05, 4.69) is 4.98 Å². The molecule has 0 bridgehead atoms. The first-order valence-corrected chi connectivity index (χ1v) is 14.5. The Morgan fingerprint density at radius 1 is 0.750 bits per heavy atom. The van der Waals surface area contributed by atoms with Gasteiger partial charge in [0.25, 0.3) is 5.56 Å². The number of hydrogen-bond donors (Lipinski definition) is 1. The molecular formula is C32H34N2O5S. The molecule has 208 valence electrons. The van der Waals surface area contributed by atoms with Crippen LogP contribution in [0.25, 0.3) is 0 Å². The van der Waals surface area contributed by atoms with Crippen molar-refractivity contribution >= 4 is 11.8 Å². The van der Waals surface area contributed by atoms with Crippen LogP contribution in [-0.2, 0) is 40.5 Å². The third-order valence-corrected chi connectivity index (χ3v) is 8.47. The fraction of sp³-hybridized carbons (Fsp3) is 0.312. The van der Waals surface area contributed by atoms with E-state index in [0.29, 0.717) is 38.4 Å². The molecule has 0 aliphatic carbocycles. The molecule has 1 saturated heterocycles. The fourth-order valence-corrected chi connectivity index (χ4v) is 6.41. The minimum Gasteiger partial charge on any atom is -0.376 e. The van der Waals surface area contributed by atoms with Crippen molar-refractivity contribution in [2.24, 2.45) is 0 Å². The molecule has 4 atom stereocenters. The van der Waals surface area contributed by atoms with E-state index in [1.165, 1.54) is 0 Å². The molecule has 1 N–H and O–H groups in total. The average Bonchev–Trinajstić information content (AvgIpc) is 3.33. The Morgan fingerprint density at radius 3 is 1.82 bits per heavy atom. The fourth-order valence-electron chi connectivity index (χ4n) is 4.81. The first-order chi connectivity index (χ1) is 19.6. The van der Waals surface area contributed by atoms with Gasteiger partial charge in [0.2, 0.25) is 0 Å². The van der Waals surface area contributed by atoms with Gasteiger partial charge in [0, 0.05) is 11.8 Å². The Hall–Kier alpha value is -3.43. The Kier molecular flexibility index (Phi) is 9.67. The number of benzene rings is 3. The van der Waals surface area contributed by atoms with Crippen molar-refractivity contribution in [2.45, 2.75) is 56.0 Å². The summed E-state index contributed by atoms with van der Waals surface area (Å²) in [5.74, 6) is 0. The molecule has 8 heteroatoms. The monoisotopic (exact) mass is 558 g/mol. The topological polar surface area (TPSA) is 82.6 Å². The van der Waals surface area contributed by atoms with Gasteiger partial charge in [-0.2, -0.15) is 0 Å². The van der Waals surface area contributed by atoms with Crippen LogP contribution < -0.4 is 11.2 Å². The minimum absolute atomic E-state index is 0.109. The van der Waals surface area contributed by atoms with E-state index in [9.17, 15) is 9.59 Å². The number of ether oxygens (including phenoxy) is 3. The summed E-state index contributed by atoms with van der Waals surface area (Å²) in [5.41, 5.74) is 2.91. The van der Waals surface area contributed by atoms with Crippen molar-refractivity contribution < 1.29 is 14.2 Å². The summed E-state index contributed by atoms with van der Waals surface area (Å²) in [6, 6.07) is 30.0. The van der Waals surface area contributed by atoms with Gasteiger partial charge in [-0.05, 0) is 23.1 Å². The van der Waals surface area contributed by atoms with Gasteiger partial charge in [-0.3, -0.25) is 14.3 Å². The number of aryl methyl sites for hydroxylation is 1. The Morgan fingerprint density at radius 2 is 1.27 bits per heavy atom. The van der Waals surface area contributed by atoms with Crippen LogP contribution in [0.4, 0.5) is 0 Å². The van der Waals surface area contributed by atoms with E-state index in [1.54, 1.807) is 22.5 Å². The molecule has 7 nitrogen and oxygen atoms in total. The number of H-pyrrole nitrogens is 1. The molecule has 1 aliphatic rings. The standard InChI is InChI=1S/C32H34N2O5S/c1-2-26-18-34(32(36)33-30(26)35)31-29(39-21-25-16-10-5-11-17-25)28(38-20-24-14-8-4-9-15-24)27(40-31)22-37-19-23-12-6-3-7-13-23/h3-18,27-29,31H,2,19-22H2,1H3,(H,33,35,36)/t27-,28-,29+,31?/m1/s1. The largest absolute Gasteiger partial charge is 0.376 e. The molecule has 2 heterocycles. The lowest BCUT2D eigenvalue weighted by atomic mass is 10.1. The van der Waals surface area contributed by atoms with Gasteiger partial charge >= 0.3 is 5.69 Å². The normalized spacial score (nSPS) is 20.5. The highest BCUT2D eigenvalue weighted by Gasteiger charge is 2.47. The Balaban J connectivity index is 1.44. The maximum atomic E-state index is 13.1. The first kappa shape index (κ1) is 28.1. The number of thioether (sulfide) groups is 1. The van der Waals surface area contributed by atoms with E-state index in [4.69, 9.17) is 14.2 Å². The van der Waals surface area contributed by atoms with Crippen LogP contribution in [0, 0.1) is 0 Å². The summed E-state index contributed by atoms with van der Waals surface area (Å²) in [7, 11) is 0. The second-order valence-corrected chi connectivity index (χ2v) is 11.1. The highest BCUT2D eigenvalue weighted by Crippen LogP contribution is 2.45. The van der Waals surface area contributed by atoms with Gasteiger partial charge in [0.05, 0.1) is 31.7 Å². The predicted molar refractivity (Wildman–Crippen MR) is 157 cm³/mol. The molecule has 5 rings (SSSR count). The zero-order valence-corrected chi connectivity index (χ0v) is 23.3. The van der Waals surface area contributed by atoms with Gasteiger partial charge in [0.15, 0.2) is 0 Å². The number of nitrogens with zero attached hydrogens (tertiary/aromatic N) is 1. The SMILES string of the molecule is CCc1cn(C2S[C@H](COCc3ccccc3)[C@@H](OCc3ccccc3)[C@@H]2OCc2ccccc2)c(=O)[nH]c1=O. The third-order valence-electron chi connectivity index (χ3n) is 6.95. The summed E-state index contributed by atoms with van der Waals surface area (Å²) in [6.45, 7) is 3.56. The van der Waals surface area contributed by atoms with Crippen LogP contribution in [0.1, 0.15) is 34.6 Å². The molecule has 1 unspecified atom stereocenters. The first-order valence-electron chi connectivity index (χ1n) is 13.5. The summed E-state index contributed by atoms with van der Waals surface area (Å²) in [4.78, 5) is 27.9. The number of aromatic nitrogens is 2. The van der Waals surface area contributed by atoms with Gasteiger partial charge < -0.3 is 14.2 Å². The average molecular weight is 559 g/mol. The van der Waals surface area contributed by atoms with Crippen LogP contribution in [0.5, 0.6) is 0 Å². The summed E-state index contributed by atoms with van der Waals surface area (Å²) >= 11 is 1.59. The highest BCUT2D eigenvalue weighted by molar-refractivity contribution is 8.00. The maximum absolute atomic E-state index is 13.1. The lowest BCUT2D eigenvalue weighted by Gasteiger charge is -2.27. The molecule has 1 aliphatic heterocycles. The van der Waals surface area contributed by atoms with Crippen molar-refractivity contribution in [2.75, 3.05) is 6.61 Å². The van der Waals surface area contributed by atoms with Crippen molar-refractivity contribution in [1.82, 2.24) is 9.55 Å². The van der Waals surface area contributed by atoms with Crippen molar-refractivity contribution in [3.63, 3.8) is 0 Å². The molecule has 0 saturated carbocycles. The van der Waals surface area contributed by atoms with Crippen molar-refractivity contribution in [3.05, 3.63) is 140 Å². The van der Waals surface area contributed by atoms with Gasteiger partial charge in [0.1, 0.15) is 17.6 Å². The summed E-state index contributed by atoms with van der Waals surface area (Å²) in [6.07, 6.45) is 1.35. The number of rotatable bonds is 12. The Labute approximate surface area is 238 Å². The summed E-state index contributed by atoms with van der Waals surface area (Å²) < 4.78 is 20.9. The Bertz CT molecular complexity index is 1460. The maximum Gasteiger partial charge on any atom is 0.329 e. The zero-order valence-electron chi connectivity index (χ0n) is 22.5. The lowest BCUT2D eigenvalue weighted by Crippen LogP contribution is -2.41. The van der Waals surface area contributed by atoms with Crippen LogP contribution in [-0.4, -0.2) is 33.6 Å². The lowest BCUT2D eigenvalue weighted by molar-refractivity contribution is -0.0920. The zero-order chi connectivity index (χ0) is 27.7. The number of aromatic amines is 1. The van der Waals surface area contributed by atoms with E-state index in [1.807, 2.05) is 97.9 Å². The van der Waals surface area contributed by atoms with E-state index in [-0.39, 0.29) is 16.9 Å². The number of nitrogens with one attached hydrogen (secondary N) is 1. The quantitative estimate of drug-likeness (QED) is 0.261. The van der Waals surface area contributed by atoms with Gasteiger partial charge in [-0.15, -0.1) is 11.8 Å². The van der Waals surface area contributed by atoms with Crippen molar-refractivity contribution in [1.29, 1.82) is 0 Å². The molecule has 40 heavy (non-hydrogen) atoms. The van der Waals surface area contributed by atoms with Crippen LogP contribution >= 0.6 is 11.8 Å². The van der Waals surface area contributed by atoms with Crippen LogP contribution in [0.2, 0.25) is 0 Å². The third kappa shape index (κ3) is 7.01. The molecular weight excluding hydrogens is 524 g/mol. The van der Waals surface area contributed by atoms with Crippen LogP contribution in [0.15, 0.2) is 107 Å². The molecule has 4 aromatic rings. The number of hydrogen-bond acceptors (Lipinski definition) is 6. The highest BCUT2D eigenvalue weighted by atomic mass is 32.2. The van der Waals surface area contributed by atoms with E-state index >= 15 is 0 Å². The minimum atomic E-state index is -0.465. The second-order valence-electron chi connectivity index (χ2n) is 9.76. The summed E-state index contributed by atoms with van der Waals surface area (Å²) in [5, 5.41) is -0.522. The molecule has 1 aromatic heterocycles. The molecule has 0 spiro atoms. The molecule has 3 aromatic carbocycles. The van der Waals surface area contributed by atoms with E-state index in [0.717, 1.165) is 16.7 Å².